The van der Waals surface area contributed by atoms with Crippen LogP contribution in [0, 0.1) is 13.8 Å². The van der Waals surface area contributed by atoms with Crippen LogP contribution in [0.4, 0.5) is 0 Å². The molecule has 1 fully saturated rings. The van der Waals surface area contributed by atoms with E-state index >= 15 is 0 Å². The van der Waals surface area contributed by atoms with Crippen LogP contribution in [0.25, 0.3) is 22.2 Å². The van der Waals surface area contributed by atoms with Gasteiger partial charge < -0.3 is 9.51 Å². The van der Waals surface area contributed by atoms with E-state index in [9.17, 15) is 0 Å². The Balaban J connectivity index is 1.91. The van der Waals surface area contributed by atoms with Crippen molar-refractivity contribution in [3.63, 3.8) is 0 Å². The fourth-order valence-electron chi connectivity index (χ4n) is 4.22. The molecule has 4 nitrogen and oxygen atoms in total. The molecule has 0 atom stereocenters. The zero-order valence-corrected chi connectivity index (χ0v) is 16.4. The van der Waals surface area contributed by atoms with Gasteiger partial charge in [0.05, 0.1) is 16.7 Å². The zero-order valence-electron chi connectivity index (χ0n) is 16.4. The van der Waals surface area contributed by atoms with Crippen molar-refractivity contribution >= 4 is 11.0 Å². The van der Waals surface area contributed by atoms with Crippen LogP contribution in [0.3, 0.4) is 0 Å². The van der Waals surface area contributed by atoms with Crippen molar-refractivity contribution in [2.24, 2.45) is 0 Å². The second kappa shape index (κ2) is 6.90. The Kier molecular flexibility index (Phi) is 4.60. The van der Waals surface area contributed by atoms with Gasteiger partial charge in [0, 0.05) is 11.5 Å². The molecule has 0 radical (unpaired) electrons. The van der Waals surface area contributed by atoms with Gasteiger partial charge in [-0.05, 0) is 68.7 Å². The molecule has 1 N–H and O–H groups in total. The van der Waals surface area contributed by atoms with Gasteiger partial charge in [0.25, 0.3) is 0 Å². The maximum absolute atomic E-state index is 5.43. The van der Waals surface area contributed by atoms with Crippen LogP contribution in [0.2, 0.25) is 0 Å². The molecule has 4 heteroatoms. The minimum Gasteiger partial charge on any atom is -0.361 e. The quantitative estimate of drug-likeness (QED) is 0.536. The summed E-state index contributed by atoms with van der Waals surface area (Å²) in [6.45, 7) is 8.57. The molecule has 0 saturated heterocycles. The molecule has 1 aromatic carbocycles. The van der Waals surface area contributed by atoms with E-state index in [1.807, 2.05) is 13.8 Å². The summed E-state index contributed by atoms with van der Waals surface area (Å²) in [6.07, 6.45) is 7.33. The number of aromatic amines is 1. The van der Waals surface area contributed by atoms with Gasteiger partial charge in [-0.3, -0.25) is 0 Å². The summed E-state index contributed by atoms with van der Waals surface area (Å²) in [5, 5.41) is 4.16. The minimum absolute atomic E-state index is 0.559. The van der Waals surface area contributed by atoms with Crippen LogP contribution in [0.1, 0.15) is 87.1 Å². The lowest BCUT2D eigenvalue weighted by molar-refractivity contribution is 0.393. The van der Waals surface area contributed by atoms with Crippen LogP contribution < -0.4 is 0 Å². The number of nitrogens with zero attached hydrogens (tertiary/aromatic N) is 2. The average Bonchev–Trinajstić information content (AvgIpc) is 3.30. The SMILES string of the molecule is CCCC(CCC)c1cc(-c2c(C)noc2C)cc2[nH]c(C3CC3)nc12. The third-order valence-corrected chi connectivity index (χ3v) is 5.63. The summed E-state index contributed by atoms with van der Waals surface area (Å²) in [5.74, 6) is 3.25. The normalized spacial score (nSPS) is 14.7. The highest BCUT2D eigenvalue weighted by molar-refractivity contribution is 5.86. The molecule has 2 aromatic heterocycles. The number of rotatable bonds is 7. The number of hydrogen-bond donors (Lipinski definition) is 1. The molecule has 0 bridgehead atoms. The summed E-state index contributed by atoms with van der Waals surface area (Å²) in [4.78, 5) is 8.65. The Hall–Kier alpha value is -2.10. The van der Waals surface area contributed by atoms with E-state index in [0.717, 1.165) is 22.5 Å². The molecule has 1 saturated carbocycles. The van der Waals surface area contributed by atoms with Gasteiger partial charge in [-0.2, -0.15) is 0 Å². The highest BCUT2D eigenvalue weighted by atomic mass is 16.5. The number of aromatic nitrogens is 3. The van der Waals surface area contributed by atoms with Gasteiger partial charge in [-0.25, -0.2) is 4.98 Å². The molecule has 0 amide bonds. The van der Waals surface area contributed by atoms with Gasteiger partial charge in [0.1, 0.15) is 11.6 Å². The Morgan fingerprint density at radius 3 is 2.46 bits per heavy atom. The highest BCUT2D eigenvalue weighted by Gasteiger charge is 2.28. The van der Waals surface area contributed by atoms with Crippen molar-refractivity contribution < 1.29 is 4.52 Å². The lowest BCUT2D eigenvalue weighted by Crippen LogP contribution is -2.01. The standard InChI is InChI=1S/C22H29N3O/c1-5-7-15(8-6-2)18-11-17(20-13(3)25-26-14(20)4)12-19-21(18)24-22(23-19)16-9-10-16/h11-12,15-16H,5-10H2,1-4H3,(H,23,24). The lowest BCUT2D eigenvalue weighted by atomic mass is 9.87. The maximum Gasteiger partial charge on any atom is 0.141 e. The molecule has 4 rings (SSSR count). The van der Waals surface area contributed by atoms with Crippen molar-refractivity contribution in [2.75, 3.05) is 0 Å². The molecule has 0 aliphatic heterocycles. The molecule has 138 valence electrons. The van der Waals surface area contributed by atoms with Gasteiger partial charge in [0.2, 0.25) is 0 Å². The van der Waals surface area contributed by atoms with E-state index in [1.165, 1.54) is 61.0 Å². The number of imidazole rings is 1. The van der Waals surface area contributed by atoms with Crippen LogP contribution in [-0.2, 0) is 0 Å². The van der Waals surface area contributed by atoms with Crippen molar-refractivity contribution in [3.05, 3.63) is 35.0 Å². The topological polar surface area (TPSA) is 54.7 Å². The maximum atomic E-state index is 5.43. The summed E-state index contributed by atoms with van der Waals surface area (Å²) in [7, 11) is 0. The Labute approximate surface area is 155 Å². The molecule has 0 unspecified atom stereocenters. The Bertz CT molecular complexity index is 892. The van der Waals surface area contributed by atoms with Crippen molar-refractivity contribution in [2.45, 2.75) is 78.1 Å². The number of nitrogens with one attached hydrogen (secondary N) is 1. The highest BCUT2D eigenvalue weighted by Crippen LogP contribution is 2.42. The predicted octanol–water partition coefficient (Wildman–Crippen LogP) is 6.40. The molecule has 2 heterocycles. The molecular weight excluding hydrogens is 322 g/mol. The van der Waals surface area contributed by atoms with Crippen LogP contribution in [-0.4, -0.2) is 15.1 Å². The minimum atomic E-state index is 0.559. The van der Waals surface area contributed by atoms with Crippen molar-refractivity contribution in [1.29, 1.82) is 0 Å². The monoisotopic (exact) mass is 351 g/mol. The van der Waals surface area contributed by atoms with Crippen LogP contribution in [0.15, 0.2) is 16.7 Å². The number of benzene rings is 1. The summed E-state index contributed by atoms with van der Waals surface area (Å²) >= 11 is 0. The fraction of sp³-hybridized carbons (Fsp3) is 0.545. The molecular formula is C22H29N3O. The van der Waals surface area contributed by atoms with Crippen molar-refractivity contribution in [3.8, 4) is 11.1 Å². The molecule has 1 aliphatic rings. The average molecular weight is 351 g/mol. The molecule has 3 aromatic rings. The van der Waals surface area contributed by atoms with E-state index in [-0.39, 0.29) is 0 Å². The third-order valence-electron chi connectivity index (χ3n) is 5.63. The van der Waals surface area contributed by atoms with Crippen LogP contribution >= 0.6 is 0 Å². The number of aryl methyl sites for hydroxylation is 2. The van der Waals surface area contributed by atoms with Gasteiger partial charge in [-0.1, -0.05) is 31.8 Å². The zero-order chi connectivity index (χ0) is 18.3. The predicted molar refractivity (Wildman–Crippen MR) is 106 cm³/mol. The Morgan fingerprint density at radius 1 is 1.15 bits per heavy atom. The Morgan fingerprint density at radius 2 is 1.88 bits per heavy atom. The second-order valence-corrected chi connectivity index (χ2v) is 7.83. The first kappa shape index (κ1) is 17.3. The first-order valence-electron chi connectivity index (χ1n) is 10.1. The number of H-pyrrole nitrogens is 1. The van der Waals surface area contributed by atoms with E-state index in [2.05, 4.69) is 36.1 Å². The summed E-state index contributed by atoms with van der Waals surface area (Å²) in [5.41, 5.74) is 7.02. The summed E-state index contributed by atoms with van der Waals surface area (Å²) < 4.78 is 5.43. The van der Waals surface area contributed by atoms with E-state index < -0.39 is 0 Å². The lowest BCUT2D eigenvalue weighted by Gasteiger charge is -2.17. The smallest absolute Gasteiger partial charge is 0.141 e. The molecule has 1 aliphatic carbocycles. The van der Waals surface area contributed by atoms with Gasteiger partial charge >= 0.3 is 0 Å². The largest absolute Gasteiger partial charge is 0.361 e. The summed E-state index contributed by atoms with van der Waals surface area (Å²) in [6, 6.07) is 4.58. The first-order valence-corrected chi connectivity index (χ1v) is 10.1. The third kappa shape index (κ3) is 3.06. The molecule has 0 spiro atoms. The first-order chi connectivity index (χ1) is 12.6. The number of hydrogen-bond acceptors (Lipinski definition) is 3. The van der Waals surface area contributed by atoms with E-state index in [1.54, 1.807) is 0 Å². The van der Waals surface area contributed by atoms with Gasteiger partial charge in [-0.15, -0.1) is 0 Å². The molecule has 26 heavy (non-hydrogen) atoms. The van der Waals surface area contributed by atoms with Gasteiger partial charge in [0.15, 0.2) is 0 Å². The second-order valence-electron chi connectivity index (χ2n) is 7.83. The fourth-order valence-corrected chi connectivity index (χ4v) is 4.22. The van der Waals surface area contributed by atoms with Crippen molar-refractivity contribution in [1.82, 2.24) is 15.1 Å². The van der Waals surface area contributed by atoms with E-state index in [0.29, 0.717) is 11.8 Å². The van der Waals surface area contributed by atoms with Crippen LogP contribution in [0.5, 0.6) is 0 Å². The number of fused-ring (bicyclic) bond motifs is 1. The van der Waals surface area contributed by atoms with E-state index in [4.69, 9.17) is 9.51 Å².